The minimum atomic E-state index is 0.486. The summed E-state index contributed by atoms with van der Waals surface area (Å²) >= 11 is 6.05. The topological polar surface area (TPSA) is 71.1 Å². The summed E-state index contributed by atoms with van der Waals surface area (Å²) in [6.07, 6.45) is 0. The molecule has 2 aromatic carbocycles. The van der Waals surface area contributed by atoms with Gasteiger partial charge < -0.3 is 15.8 Å². The van der Waals surface area contributed by atoms with Crippen LogP contribution in [0, 0.1) is 11.3 Å². The number of nitrogen functional groups attached to an aromatic ring is 1. The molecule has 2 rings (SSSR count). The molecule has 0 aromatic heterocycles. The van der Waals surface area contributed by atoms with E-state index in [4.69, 9.17) is 27.3 Å². The molecule has 0 amide bonds. The zero-order valence-electron chi connectivity index (χ0n) is 10.8. The molecular weight excluding hydrogens is 274 g/mol. The Labute approximate surface area is 122 Å². The lowest BCUT2D eigenvalue weighted by Gasteiger charge is -2.10. The van der Waals surface area contributed by atoms with E-state index >= 15 is 0 Å². The van der Waals surface area contributed by atoms with Crippen LogP contribution in [0.4, 0.5) is 11.4 Å². The number of halogens is 1. The van der Waals surface area contributed by atoms with Crippen molar-refractivity contribution in [3.8, 4) is 11.8 Å². The molecule has 102 valence electrons. The summed E-state index contributed by atoms with van der Waals surface area (Å²) in [6, 6.07) is 14.4. The van der Waals surface area contributed by atoms with Gasteiger partial charge in [-0.1, -0.05) is 17.7 Å². The molecule has 0 aliphatic rings. The van der Waals surface area contributed by atoms with Crippen LogP contribution < -0.4 is 15.8 Å². The third-order valence-corrected chi connectivity index (χ3v) is 2.96. The predicted molar refractivity (Wildman–Crippen MR) is 81.0 cm³/mol. The molecule has 0 saturated heterocycles. The molecular formula is C15H14ClN3O. The monoisotopic (exact) mass is 287 g/mol. The Morgan fingerprint density at radius 3 is 2.80 bits per heavy atom. The van der Waals surface area contributed by atoms with E-state index in [2.05, 4.69) is 5.32 Å². The maximum Gasteiger partial charge on any atom is 0.121 e. The Balaban J connectivity index is 1.83. The van der Waals surface area contributed by atoms with Gasteiger partial charge in [0, 0.05) is 18.3 Å². The second kappa shape index (κ2) is 6.69. The average molecular weight is 288 g/mol. The summed E-state index contributed by atoms with van der Waals surface area (Å²) in [6.45, 7) is 1.08. The Morgan fingerprint density at radius 2 is 2.10 bits per heavy atom. The number of nitriles is 1. The number of nitrogens with one attached hydrogen (secondary N) is 1. The second-order valence-electron chi connectivity index (χ2n) is 4.15. The highest BCUT2D eigenvalue weighted by Gasteiger charge is 2.01. The zero-order chi connectivity index (χ0) is 14.4. The summed E-state index contributed by atoms with van der Waals surface area (Å²) in [5.41, 5.74) is 7.65. The second-order valence-corrected chi connectivity index (χ2v) is 4.56. The van der Waals surface area contributed by atoms with Gasteiger partial charge in [-0.3, -0.25) is 0 Å². The van der Waals surface area contributed by atoms with Gasteiger partial charge in [-0.05, 0) is 30.3 Å². The number of nitrogens with two attached hydrogens (primary N) is 1. The first-order valence-corrected chi connectivity index (χ1v) is 6.48. The normalized spacial score (nSPS) is 9.80. The number of ether oxygens (including phenoxy) is 1. The quantitative estimate of drug-likeness (QED) is 0.654. The van der Waals surface area contributed by atoms with E-state index in [1.807, 2.05) is 24.3 Å². The van der Waals surface area contributed by atoms with Crippen LogP contribution in [-0.2, 0) is 0 Å². The molecule has 0 spiro atoms. The summed E-state index contributed by atoms with van der Waals surface area (Å²) in [4.78, 5) is 0. The highest BCUT2D eigenvalue weighted by molar-refractivity contribution is 6.33. The Bertz CT molecular complexity index is 637. The van der Waals surface area contributed by atoms with Crippen LogP contribution >= 0.6 is 11.6 Å². The molecule has 3 N–H and O–H groups in total. The number of hydrogen-bond acceptors (Lipinski definition) is 4. The van der Waals surface area contributed by atoms with Crippen molar-refractivity contribution in [3.05, 3.63) is 53.1 Å². The lowest BCUT2D eigenvalue weighted by atomic mass is 10.2. The van der Waals surface area contributed by atoms with Crippen molar-refractivity contribution in [2.75, 3.05) is 24.2 Å². The van der Waals surface area contributed by atoms with Gasteiger partial charge >= 0.3 is 0 Å². The van der Waals surface area contributed by atoms with Gasteiger partial charge in [-0.15, -0.1) is 0 Å². The van der Waals surface area contributed by atoms with Crippen LogP contribution in [0.3, 0.4) is 0 Å². The maximum absolute atomic E-state index is 8.76. The summed E-state index contributed by atoms with van der Waals surface area (Å²) in [7, 11) is 0. The molecule has 0 unspecified atom stereocenters. The largest absolute Gasteiger partial charge is 0.492 e. The molecule has 0 bridgehead atoms. The first kappa shape index (κ1) is 14.0. The maximum atomic E-state index is 8.76. The summed E-state index contributed by atoms with van der Waals surface area (Å²) in [5, 5.41) is 12.4. The van der Waals surface area contributed by atoms with Crippen molar-refractivity contribution in [3.63, 3.8) is 0 Å². The van der Waals surface area contributed by atoms with Crippen LogP contribution in [-0.4, -0.2) is 13.2 Å². The SMILES string of the molecule is N#Cc1ccc(NCCOc2cccc(N)c2)c(Cl)c1. The Kier molecular flexibility index (Phi) is 4.70. The van der Waals surface area contributed by atoms with Crippen molar-refractivity contribution in [1.29, 1.82) is 5.26 Å². The molecule has 0 fully saturated rings. The molecule has 0 aliphatic heterocycles. The van der Waals surface area contributed by atoms with Gasteiger partial charge in [-0.25, -0.2) is 0 Å². The lowest BCUT2D eigenvalue weighted by molar-refractivity contribution is 0.333. The van der Waals surface area contributed by atoms with E-state index in [0.717, 1.165) is 11.4 Å². The van der Waals surface area contributed by atoms with E-state index in [0.29, 0.717) is 29.4 Å². The summed E-state index contributed by atoms with van der Waals surface area (Å²) < 4.78 is 5.56. The van der Waals surface area contributed by atoms with Crippen molar-refractivity contribution < 1.29 is 4.74 Å². The van der Waals surface area contributed by atoms with Crippen LogP contribution in [0.15, 0.2) is 42.5 Å². The van der Waals surface area contributed by atoms with Gasteiger partial charge in [0.15, 0.2) is 0 Å². The number of benzene rings is 2. The van der Waals surface area contributed by atoms with Gasteiger partial charge in [0.05, 0.1) is 22.3 Å². The van der Waals surface area contributed by atoms with Crippen molar-refractivity contribution in [1.82, 2.24) is 0 Å². The fraction of sp³-hybridized carbons (Fsp3) is 0.133. The average Bonchev–Trinajstić information content (AvgIpc) is 2.45. The van der Waals surface area contributed by atoms with Crippen molar-refractivity contribution >= 4 is 23.0 Å². The van der Waals surface area contributed by atoms with Crippen molar-refractivity contribution in [2.45, 2.75) is 0 Å². The molecule has 5 heteroatoms. The minimum absolute atomic E-state index is 0.486. The first-order chi connectivity index (χ1) is 9.69. The molecule has 4 nitrogen and oxygen atoms in total. The van der Waals surface area contributed by atoms with E-state index in [1.165, 1.54) is 0 Å². The molecule has 0 saturated carbocycles. The standard InChI is InChI=1S/C15H14ClN3O/c16-14-8-11(10-17)4-5-15(14)19-6-7-20-13-3-1-2-12(18)9-13/h1-5,8-9,19H,6-7,18H2. The Morgan fingerprint density at radius 1 is 1.25 bits per heavy atom. The third-order valence-electron chi connectivity index (χ3n) is 2.64. The Hall–Kier alpha value is -2.38. The van der Waals surface area contributed by atoms with Gasteiger partial charge in [0.2, 0.25) is 0 Å². The van der Waals surface area contributed by atoms with Crippen LogP contribution in [0.5, 0.6) is 5.75 Å². The van der Waals surface area contributed by atoms with Gasteiger partial charge in [0.1, 0.15) is 12.4 Å². The number of rotatable bonds is 5. The molecule has 0 aliphatic carbocycles. The van der Waals surface area contributed by atoms with Crippen LogP contribution in [0.1, 0.15) is 5.56 Å². The third kappa shape index (κ3) is 3.81. The van der Waals surface area contributed by atoms with E-state index < -0.39 is 0 Å². The molecule has 0 heterocycles. The fourth-order valence-electron chi connectivity index (χ4n) is 1.69. The fourth-order valence-corrected chi connectivity index (χ4v) is 1.93. The molecule has 20 heavy (non-hydrogen) atoms. The molecule has 0 atom stereocenters. The molecule has 0 radical (unpaired) electrons. The van der Waals surface area contributed by atoms with Crippen LogP contribution in [0.25, 0.3) is 0 Å². The predicted octanol–water partition coefficient (Wildman–Crippen LogP) is 3.28. The number of nitrogens with zero attached hydrogens (tertiary/aromatic N) is 1. The molecule has 2 aromatic rings. The van der Waals surface area contributed by atoms with Crippen LogP contribution in [0.2, 0.25) is 5.02 Å². The lowest BCUT2D eigenvalue weighted by Crippen LogP contribution is -2.11. The van der Waals surface area contributed by atoms with Crippen molar-refractivity contribution in [2.24, 2.45) is 0 Å². The smallest absolute Gasteiger partial charge is 0.121 e. The number of hydrogen-bond donors (Lipinski definition) is 2. The number of anilines is 2. The van der Waals surface area contributed by atoms with E-state index in [-0.39, 0.29) is 0 Å². The van der Waals surface area contributed by atoms with E-state index in [9.17, 15) is 0 Å². The van der Waals surface area contributed by atoms with Gasteiger partial charge in [0.25, 0.3) is 0 Å². The van der Waals surface area contributed by atoms with E-state index in [1.54, 1.807) is 24.3 Å². The van der Waals surface area contributed by atoms with Gasteiger partial charge in [-0.2, -0.15) is 5.26 Å². The first-order valence-electron chi connectivity index (χ1n) is 6.11. The highest BCUT2D eigenvalue weighted by atomic mass is 35.5. The highest BCUT2D eigenvalue weighted by Crippen LogP contribution is 2.22. The summed E-state index contributed by atoms with van der Waals surface area (Å²) in [5.74, 6) is 0.734. The minimum Gasteiger partial charge on any atom is -0.492 e. The zero-order valence-corrected chi connectivity index (χ0v) is 11.5.